The maximum absolute atomic E-state index is 13.8. The van der Waals surface area contributed by atoms with E-state index in [2.05, 4.69) is 19.6 Å². The van der Waals surface area contributed by atoms with E-state index < -0.39 is 50.2 Å². The fourth-order valence-corrected chi connectivity index (χ4v) is 5.88. The van der Waals surface area contributed by atoms with Gasteiger partial charge in [0.25, 0.3) is 0 Å². The van der Waals surface area contributed by atoms with Gasteiger partial charge in [0.15, 0.2) is 12.6 Å². The number of fused-ring (bicyclic) bond motifs is 2. The monoisotopic (exact) mass is 652 g/mol. The molecule has 9 nitrogen and oxygen atoms in total. The van der Waals surface area contributed by atoms with Gasteiger partial charge in [-0.05, 0) is 63.1 Å². The van der Waals surface area contributed by atoms with Crippen LogP contribution in [0, 0.1) is 5.92 Å². The first-order chi connectivity index (χ1) is 21.8. The van der Waals surface area contributed by atoms with Crippen LogP contribution in [0.4, 0.5) is 0 Å². The summed E-state index contributed by atoms with van der Waals surface area (Å²) >= 11 is 0. The van der Waals surface area contributed by atoms with Gasteiger partial charge in [-0.1, -0.05) is 63.0 Å². The van der Waals surface area contributed by atoms with Crippen molar-refractivity contribution in [1.82, 2.24) is 0 Å². The Kier molecular flexibility index (Phi) is 11.9. The summed E-state index contributed by atoms with van der Waals surface area (Å²) in [5.41, 5.74) is 1.29. The minimum atomic E-state index is -1.33. The molecule has 0 bridgehead atoms. The summed E-state index contributed by atoms with van der Waals surface area (Å²) in [7, 11) is 0.189. The number of rotatable bonds is 9. The number of hydrogen-bond acceptors (Lipinski definition) is 9. The molecule has 0 amide bonds. The minimum Gasteiger partial charge on any atom is -0.494 e. The van der Waals surface area contributed by atoms with Crippen LogP contribution < -0.4 is 9.47 Å². The number of carbonyl (C=O) groups is 2. The third-order valence-electron chi connectivity index (χ3n) is 7.86. The lowest BCUT2D eigenvalue weighted by Crippen LogP contribution is -2.37. The minimum absolute atomic E-state index is 0.0520. The van der Waals surface area contributed by atoms with E-state index in [-0.39, 0.29) is 18.3 Å². The standard InChI is InChI=1S/C36H48O9Si/c1-24-17-18-29(43-34(37)26-13-10-9-11-14-26)33-30(44-36(3,4)45-33)16-12-15-27-21-28(40-19-20-46(6,7)8)22-31(41-23-39-5)32(27)35(38)42-25(24)2/h9-15,17-18,21-22,24-25,29-30,33H,16,19-20,23H2,1-8H3/b15-12?,18-17-/t24-,25?,29?,30+,33-/m1/s1. The Hall–Kier alpha value is -3.44. The van der Waals surface area contributed by atoms with Gasteiger partial charge in [0.1, 0.15) is 35.4 Å². The lowest BCUT2D eigenvalue weighted by Gasteiger charge is -2.26. The zero-order valence-corrected chi connectivity index (χ0v) is 29.2. The molecular weight excluding hydrogens is 604 g/mol. The van der Waals surface area contributed by atoms with Gasteiger partial charge in [0, 0.05) is 27.2 Å². The van der Waals surface area contributed by atoms with Crippen molar-refractivity contribution in [3.63, 3.8) is 0 Å². The van der Waals surface area contributed by atoms with E-state index in [0.717, 1.165) is 6.04 Å². The van der Waals surface area contributed by atoms with Gasteiger partial charge in [0.05, 0.1) is 18.3 Å². The average molecular weight is 653 g/mol. The Morgan fingerprint density at radius 2 is 1.76 bits per heavy atom. The highest BCUT2D eigenvalue weighted by atomic mass is 28.3. The van der Waals surface area contributed by atoms with Crippen LogP contribution in [0.3, 0.4) is 0 Å². The van der Waals surface area contributed by atoms with Crippen LogP contribution in [-0.2, 0) is 23.7 Å². The predicted molar refractivity (Wildman–Crippen MR) is 179 cm³/mol. The maximum Gasteiger partial charge on any atom is 0.342 e. The van der Waals surface area contributed by atoms with Crippen LogP contribution in [0.1, 0.15) is 60.4 Å². The molecule has 2 unspecified atom stereocenters. The number of methoxy groups -OCH3 is 1. The molecule has 2 aliphatic heterocycles. The lowest BCUT2D eigenvalue weighted by molar-refractivity contribution is -0.152. The predicted octanol–water partition coefficient (Wildman–Crippen LogP) is 7.29. The largest absolute Gasteiger partial charge is 0.494 e. The van der Waals surface area contributed by atoms with Crippen molar-refractivity contribution in [2.45, 2.75) is 90.0 Å². The van der Waals surface area contributed by atoms with E-state index in [9.17, 15) is 9.59 Å². The van der Waals surface area contributed by atoms with Crippen molar-refractivity contribution in [3.8, 4) is 11.5 Å². The van der Waals surface area contributed by atoms with Crippen LogP contribution in [0.15, 0.2) is 60.7 Å². The fourth-order valence-electron chi connectivity index (χ4n) is 5.17. The summed E-state index contributed by atoms with van der Waals surface area (Å²) in [5, 5.41) is 0. The molecule has 4 rings (SSSR count). The SMILES string of the molecule is COCOc1cc(OCC[Si](C)(C)C)cc2c1C(=O)OC(C)[C@H](C)/C=C\C(OC(=O)c1ccccc1)[C@H]1OC(C)(C)O[C@H]1CC=C2. The van der Waals surface area contributed by atoms with Gasteiger partial charge in [-0.3, -0.25) is 0 Å². The molecule has 2 aromatic rings. The van der Waals surface area contributed by atoms with E-state index in [1.54, 1.807) is 36.4 Å². The normalized spacial score (nSPS) is 25.4. The first-order valence-electron chi connectivity index (χ1n) is 15.9. The molecule has 1 saturated heterocycles. The summed E-state index contributed by atoms with van der Waals surface area (Å²) in [6, 6.07) is 13.4. The Balaban J connectivity index is 1.73. The molecule has 2 aromatic carbocycles. The number of esters is 2. The van der Waals surface area contributed by atoms with Crippen LogP contribution in [0.2, 0.25) is 25.7 Å². The van der Waals surface area contributed by atoms with Crippen molar-refractivity contribution in [2.24, 2.45) is 5.92 Å². The molecule has 46 heavy (non-hydrogen) atoms. The summed E-state index contributed by atoms with van der Waals surface area (Å²) in [5.74, 6) is -1.24. The summed E-state index contributed by atoms with van der Waals surface area (Å²) in [6.45, 7) is 14.8. The molecule has 2 heterocycles. The van der Waals surface area contributed by atoms with Crippen molar-refractivity contribution < 1.29 is 42.7 Å². The maximum atomic E-state index is 13.8. The second-order valence-corrected chi connectivity index (χ2v) is 19.1. The molecule has 0 radical (unpaired) electrons. The Morgan fingerprint density at radius 1 is 1.02 bits per heavy atom. The van der Waals surface area contributed by atoms with E-state index in [1.165, 1.54) is 7.11 Å². The van der Waals surface area contributed by atoms with Crippen LogP contribution in [-0.4, -0.2) is 70.7 Å². The van der Waals surface area contributed by atoms with Crippen LogP contribution >= 0.6 is 0 Å². The highest BCUT2D eigenvalue weighted by Gasteiger charge is 2.45. The molecule has 0 aliphatic carbocycles. The van der Waals surface area contributed by atoms with E-state index in [0.29, 0.717) is 35.7 Å². The molecule has 250 valence electrons. The number of ether oxygens (including phenoxy) is 7. The molecule has 0 aromatic heterocycles. The molecule has 2 aliphatic rings. The fraction of sp³-hybridized carbons (Fsp3) is 0.500. The zero-order valence-electron chi connectivity index (χ0n) is 28.2. The van der Waals surface area contributed by atoms with Crippen molar-refractivity contribution in [1.29, 1.82) is 0 Å². The number of carbonyl (C=O) groups excluding carboxylic acids is 2. The molecule has 5 atom stereocenters. The van der Waals surface area contributed by atoms with Crippen molar-refractivity contribution in [2.75, 3.05) is 20.5 Å². The molecule has 10 heteroatoms. The van der Waals surface area contributed by atoms with Crippen molar-refractivity contribution in [3.05, 3.63) is 77.4 Å². The third kappa shape index (κ3) is 9.78. The molecular formula is C36H48O9Si. The number of cyclic esters (lactones) is 1. The molecule has 1 fully saturated rings. The highest BCUT2D eigenvalue weighted by Crippen LogP contribution is 2.36. The van der Waals surface area contributed by atoms with Gasteiger partial charge < -0.3 is 33.2 Å². The third-order valence-corrected chi connectivity index (χ3v) is 9.57. The van der Waals surface area contributed by atoms with E-state index in [4.69, 9.17) is 33.2 Å². The number of benzene rings is 2. The zero-order chi connectivity index (χ0) is 33.5. The average Bonchev–Trinajstić information content (AvgIpc) is 3.30. The van der Waals surface area contributed by atoms with E-state index >= 15 is 0 Å². The second-order valence-electron chi connectivity index (χ2n) is 13.5. The Bertz CT molecular complexity index is 1400. The van der Waals surface area contributed by atoms with Gasteiger partial charge in [-0.15, -0.1) is 0 Å². The van der Waals surface area contributed by atoms with Crippen LogP contribution in [0.25, 0.3) is 6.08 Å². The lowest BCUT2D eigenvalue weighted by atomic mass is 9.98. The molecule has 0 N–H and O–H groups in total. The molecule has 0 spiro atoms. The smallest absolute Gasteiger partial charge is 0.342 e. The van der Waals surface area contributed by atoms with Crippen molar-refractivity contribution >= 4 is 26.1 Å². The highest BCUT2D eigenvalue weighted by molar-refractivity contribution is 6.76. The quantitative estimate of drug-likeness (QED) is 0.120. The van der Waals surface area contributed by atoms with Crippen LogP contribution in [0.5, 0.6) is 11.5 Å². The first kappa shape index (κ1) is 35.4. The Morgan fingerprint density at radius 3 is 2.46 bits per heavy atom. The van der Waals surface area contributed by atoms with Gasteiger partial charge in [-0.25, -0.2) is 9.59 Å². The summed E-state index contributed by atoms with van der Waals surface area (Å²) in [4.78, 5) is 26.9. The summed E-state index contributed by atoms with van der Waals surface area (Å²) < 4.78 is 41.9. The topological polar surface area (TPSA) is 98.8 Å². The van der Waals surface area contributed by atoms with Gasteiger partial charge >= 0.3 is 11.9 Å². The molecule has 0 saturated carbocycles. The number of hydrogen-bond donors (Lipinski definition) is 0. The van der Waals surface area contributed by atoms with Gasteiger partial charge in [0.2, 0.25) is 0 Å². The summed E-state index contributed by atoms with van der Waals surface area (Å²) in [6.07, 6.45) is 5.54. The first-order valence-corrected chi connectivity index (χ1v) is 19.6. The Labute approximate surface area is 273 Å². The van der Waals surface area contributed by atoms with E-state index in [1.807, 2.05) is 58.1 Å². The van der Waals surface area contributed by atoms with Gasteiger partial charge in [-0.2, -0.15) is 0 Å². The second kappa shape index (κ2) is 15.4.